The van der Waals surface area contributed by atoms with Crippen LogP contribution in [0.4, 0.5) is 0 Å². The van der Waals surface area contributed by atoms with E-state index < -0.39 is 5.41 Å². The molecule has 0 amide bonds. The summed E-state index contributed by atoms with van der Waals surface area (Å²) in [6.45, 7) is 9.51. The summed E-state index contributed by atoms with van der Waals surface area (Å²) in [5.74, 6) is -0.105. The second kappa shape index (κ2) is 5.57. The van der Waals surface area contributed by atoms with Gasteiger partial charge in [-0.15, -0.1) is 0 Å². The van der Waals surface area contributed by atoms with Crippen molar-refractivity contribution in [1.82, 2.24) is 9.80 Å². The van der Waals surface area contributed by atoms with Gasteiger partial charge in [0, 0.05) is 19.1 Å². The maximum atomic E-state index is 11.7. The lowest BCUT2D eigenvalue weighted by Gasteiger charge is -2.29. The first kappa shape index (κ1) is 13.8. The number of rotatable bonds is 4. The predicted octanol–water partition coefficient (Wildman–Crippen LogP) is 1.36. The Labute approximate surface area is 110 Å². The lowest BCUT2D eigenvalue weighted by molar-refractivity contribution is -0.151. The van der Waals surface area contributed by atoms with Gasteiger partial charge in [0.25, 0.3) is 0 Å². The molecule has 2 heterocycles. The highest BCUT2D eigenvalue weighted by molar-refractivity contribution is 5.76. The fourth-order valence-electron chi connectivity index (χ4n) is 3.26. The molecule has 0 aromatic rings. The van der Waals surface area contributed by atoms with Crippen molar-refractivity contribution in [2.75, 3.05) is 39.8 Å². The molecule has 104 valence electrons. The largest absolute Gasteiger partial charge is 0.469 e. The number of hydrogen-bond donors (Lipinski definition) is 0. The summed E-state index contributed by atoms with van der Waals surface area (Å²) >= 11 is 0. The van der Waals surface area contributed by atoms with Crippen LogP contribution in [-0.4, -0.2) is 61.6 Å². The zero-order valence-corrected chi connectivity index (χ0v) is 11.9. The normalized spacial score (nSPS) is 26.7. The van der Waals surface area contributed by atoms with Crippen LogP contribution in [0.3, 0.4) is 0 Å². The zero-order chi connectivity index (χ0) is 13.2. The first-order valence-electron chi connectivity index (χ1n) is 7.08. The summed E-state index contributed by atoms with van der Waals surface area (Å²) in [6, 6.07) is 0.709. The van der Waals surface area contributed by atoms with E-state index in [1.165, 1.54) is 39.5 Å². The molecule has 0 saturated carbocycles. The van der Waals surface area contributed by atoms with E-state index in [1.807, 2.05) is 13.8 Å². The summed E-state index contributed by atoms with van der Waals surface area (Å²) in [5, 5.41) is 0. The van der Waals surface area contributed by atoms with Gasteiger partial charge in [-0.3, -0.25) is 9.69 Å². The molecule has 2 aliphatic rings. The SMILES string of the molecule is COC(=O)C(C)(C)CN1CCC(N2CCCC2)C1. The van der Waals surface area contributed by atoms with Gasteiger partial charge < -0.3 is 9.64 Å². The quantitative estimate of drug-likeness (QED) is 0.709. The predicted molar refractivity (Wildman–Crippen MR) is 71.4 cm³/mol. The monoisotopic (exact) mass is 254 g/mol. The molecule has 0 aromatic heterocycles. The maximum absolute atomic E-state index is 11.7. The van der Waals surface area contributed by atoms with Crippen molar-refractivity contribution in [3.63, 3.8) is 0 Å². The molecule has 4 heteroatoms. The van der Waals surface area contributed by atoms with Crippen LogP contribution in [0.5, 0.6) is 0 Å². The summed E-state index contributed by atoms with van der Waals surface area (Å²) in [7, 11) is 1.47. The molecule has 0 bridgehead atoms. The number of esters is 1. The van der Waals surface area contributed by atoms with Gasteiger partial charge in [0.1, 0.15) is 0 Å². The van der Waals surface area contributed by atoms with E-state index in [0.717, 1.165) is 19.6 Å². The van der Waals surface area contributed by atoms with Gasteiger partial charge >= 0.3 is 5.97 Å². The Bertz CT molecular complexity index is 298. The molecule has 2 fully saturated rings. The summed E-state index contributed by atoms with van der Waals surface area (Å²) in [4.78, 5) is 16.7. The number of nitrogens with zero attached hydrogens (tertiary/aromatic N) is 2. The van der Waals surface area contributed by atoms with Gasteiger partial charge in [0.2, 0.25) is 0 Å². The number of hydrogen-bond acceptors (Lipinski definition) is 4. The zero-order valence-electron chi connectivity index (χ0n) is 11.9. The topological polar surface area (TPSA) is 32.8 Å². The van der Waals surface area contributed by atoms with E-state index in [4.69, 9.17) is 4.74 Å². The van der Waals surface area contributed by atoms with Crippen molar-refractivity contribution in [3.8, 4) is 0 Å². The summed E-state index contributed by atoms with van der Waals surface area (Å²) < 4.78 is 4.88. The Morgan fingerprint density at radius 2 is 1.94 bits per heavy atom. The van der Waals surface area contributed by atoms with Crippen LogP contribution < -0.4 is 0 Å². The van der Waals surface area contributed by atoms with Crippen LogP contribution >= 0.6 is 0 Å². The van der Waals surface area contributed by atoms with Crippen LogP contribution in [0.2, 0.25) is 0 Å². The van der Waals surface area contributed by atoms with Crippen molar-refractivity contribution >= 4 is 5.97 Å². The molecule has 2 rings (SSSR count). The third kappa shape index (κ3) is 3.04. The van der Waals surface area contributed by atoms with Crippen LogP contribution in [0.25, 0.3) is 0 Å². The number of ether oxygens (including phenoxy) is 1. The molecule has 2 aliphatic heterocycles. The molecule has 0 radical (unpaired) electrons. The van der Waals surface area contributed by atoms with Crippen LogP contribution in [-0.2, 0) is 9.53 Å². The highest BCUT2D eigenvalue weighted by Crippen LogP contribution is 2.25. The minimum absolute atomic E-state index is 0.105. The fraction of sp³-hybridized carbons (Fsp3) is 0.929. The Kier molecular flexibility index (Phi) is 4.28. The van der Waals surface area contributed by atoms with Crippen LogP contribution in [0.1, 0.15) is 33.1 Å². The molecule has 0 N–H and O–H groups in total. The molecule has 2 saturated heterocycles. The third-order valence-electron chi connectivity index (χ3n) is 4.26. The van der Waals surface area contributed by atoms with Crippen molar-refractivity contribution < 1.29 is 9.53 Å². The van der Waals surface area contributed by atoms with E-state index >= 15 is 0 Å². The summed E-state index contributed by atoms with van der Waals surface area (Å²) in [5.41, 5.74) is -0.394. The van der Waals surface area contributed by atoms with Gasteiger partial charge in [0.05, 0.1) is 12.5 Å². The van der Waals surface area contributed by atoms with E-state index in [0.29, 0.717) is 6.04 Å². The molecular weight excluding hydrogens is 228 g/mol. The number of likely N-dealkylation sites (tertiary alicyclic amines) is 2. The third-order valence-corrected chi connectivity index (χ3v) is 4.26. The molecule has 0 aliphatic carbocycles. The van der Waals surface area contributed by atoms with Gasteiger partial charge in [-0.05, 0) is 52.7 Å². The molecule has 18 heavy (non-hydrogen) atoms. The van der Waals surface area contributed by atoms with Gasteiger partial charge in [-0.1, -0.05) is 0 Å². The lowest BCUT2D eigenvalue weighted by atomic mass is 9.93. The smallest absolute Gasteiger partial charge is 0.312 e. The second-order valence-electron chi connectivity index (χ2n) is 6.30. The van der Waals surface area contributed by atoms with E-state index in [9.17, 15) is 4.79 Å². The molecule has 1 unspecified atom stereocenters. The van der Waals surface area contributed by atoms with Crippen molar-refractivity contribution in [2.24, 2.45) is 5.41 Å². The van der Waals surface area contributed by atoms with Crippen molar-refractivity contribution in [2.45, 2.75) is 39.2 Å². The Hall–Kier alpha value is -0.610. The second-order valence-corrected chi connectivity index (χ2v) is 6.30. The molecule has 4 nitrogen and oxygen atoms in total. The first-order chi connectivity index (χ1) is 8.53. The number of carbonyl (C=O) groups is 1. The Balaban J connectivity index is 1.83. The van der Waals surface area contributed by atoms with Crippen molar-refractivity contribution in [1.29, 1.82) is 0 Å². The minimum Gasteiger partial charge on any atom is -0.469 e. The average molecular weight is 254 g/mol. The molecule has 1 atom stereocenters. The van der Waals surface area contributed by atoms with Crippen LogP contribution in [0, 0.1) is 5.41 Å². The Morgan fingerprint density at radius 1 is 1.28 bits per heavy atom. The molecule has 0 spiro atoms. The highest BCUT2D eigenvalue weighted by Gasteiger charge is 2.35. The summed E-state index contributed by atoms with van der Waals surface area (Å²) in [6.07, 6.45) is 3.95. The van der Waals surface area contributed by atoms with E-state index in [2.05, 4.69) is 9.80 Å². The highest BCUT2D eigenvalue weighted by atomic mass is 16.5. The first-order valence-corrected chi connectivity index (χ1v) is 7.08. The fourth-order valence-corrected chi connectivity index (χ4v) is 3.26. The van der Waals surface area contributed by atoms with Gasteiger partial charge in [0.15, 0.2) is 0 Å². The van der Waals surface area contributed by atoms with Gasteiger partial charge in [-0.25, -0.2) is 0 Å². The maximum Gasteiger partial charge on any atom is 0.312 e. The molecule has 0 aromatic carbocycles. The van der Waals surface area contributed by atoms with Gasteiger partial charge in [-0.2, -0.15) is 0 Å². The lowest BCUT2D eigenvalue weighted by Crippen LogP contribution is -2.41. The van der Waals surface area contributed by atoms with Crippen LogP contribution in [0.15, 0.2) is 0 Å². The standard InChI is InChI=1S/C14H26N2O2/c1-14(2,13(17)18-3)11-15-9-6-12(10-15)16-7-4-5-8-16/h12H,4-11H2,1-3H3. The minimum atomic E-state index is -0.394. The molecular formula is C14H26N2O2. The van der Waals surface area contributed by atoms with E-state index in [-0.39, 0.29) is 5.97 Å². The number of carbonyl (C=O) groups excluding carboxylic acids is 1. The average Bonchev–Trinajstić information content (AvgIpc) is 2.97. The van der Waals surface area contributed by atoms with Crippen molar-refractivity contribution in [3.05, 3.63) is 0 Å². The van der Waals surface area contributed by atoms with E-state index in [1.54, 1.807) is 0 Å². The number of methoxy groups -OCH3 is 1. The Morgan fingerprint density at radius 3 is 2.56 bits per heavy atom.